The van der Waals surface area contributed by atoms with Crippen molar-refractivity contribution in [3.63, 3.8) is 0 Å². The number of benzene rings is 1. The SMILES string of the molecule is CN(C)C/C=C/C=O.CN1CCCCC(n2c(NC(=O)c3ccnc(C(F)(F)F)c3)nc3ccc4c(c32)OCCO4)C1. The Morgan fingerprint density at radius 2 is 1.98 bits per heavy atom. The molecule has 0 saturated carbocycles. The van der Waals surface area contributed by atoms with E-state index in [0.717, 1.165) is 57.4 Å². The first kappa shape index (κ1) is 31.0. The summed E-state index contributed by atoms with van der Waals surface area (Å²) < 4.78 is 52.9. The van der Waals surface area contributed by atoms with Gasteiger partial charge in [-0.3, -0.25) is 19.9 Å². The van der Waals surface area contributed by atoms with Crippen molar-refractivity contribution in [2.24, 2.45) is 0 Å². The van der Waals surface area contributed by atoms with Crippen LogP contribution < -0.4 is 14.8 Å². The molecular formula is C29H35F3N6O4. The van der Waals surface area contributed by atoms with Gasteiger partial charge in [0.2, 0.25) is 5.95 Å². The average molecular weight is 589 g/mol. The second kappa shape index (κ2) is 13.8. The van der Waals surface area contributed by atoms with E-state index in [1.807, 2.05) is 36.7 Å². The summed E-state index contributed by atoms with van der Waals surface area (Å²) in [7, 11) is 5.95. The second-order valence-corrected chi connectivity index (χ2v) is 10.4. The topological polar surface area (TPSA) is 102 Å². The van der Waals surface area contributed by atoms with E-state index in [2.05, 4.69) is 20.2 Å². The summed E-state index contributed by atoms with van der Waals surface area (Å²) in [4.78, 5) is 34.8. The predicted octanol–water partition coefficient (Wildman–Crippen LogP) is 4.43. The molecule has 0 bridgehead atoms. The summed E-state index contributed by atoms with van der Waals surface area (Å²) in [5.41, 5.74) is 0.0369. The van der Waals surface area contributed by atoms with E-state index in [1.165, 1.54) is 12.1 Å². The van der Waals surface area contributed by atoms with Crippen LogP contribution >= 0.6 is 0 Å². The minimum Gasteiger partial charge on any atom is -0.486 e. The van der Waals surface area contributed by atoms with Gasteiger partial charge in [0.15, 0.2) is 11.5 Å². The smallest absolute Gasteiger partial charge is 0.433 e. The fourth-order valence-corrected chi connectivity index (χ4v) is 4.87. The number of ether oxygens (including phenoxy) is 2. The number of allylic oxidation sites excluding steroid dienone is 1. The molecule has 0 aliphatic carbocycles. The molecule has 2 aliphatic heterocycles. The van der Waals surface area contributed by atoms with Crippen LogP contribution in [0.25, 0.3) is 11.0 Å². The molecule has 10 nitrogen and oxygen atoms in total. The summed E-state index contributed by atoms with van der Waals surface area (Å²) in [5.74, 6) is 0.723. The molecule has 1 fully saturated rings. The number of halogens is 3. The van der Waals surface area contributed by atoms with E-state index in [-0.39, 0.29) is 17.6 Å². The van der Waals surface area contributed by atoms with Gasteiger partial charge in [0, 0.05) is 30.9 Å². The van der Waals surface area contributed by atoms with Gasteiger partial charge in [-0.25, -0.2) is 4.98 Å². The quantitative estimate of drug-likeness (QED) is 0.333. The van der Waals surface area contributed by atoms with Gasteiger partial charge in [-0.05, 0) is 70.9 Å². The van der Waals surface area contributed by atoms with E-state index in [4.69, 9.17) is 9.47 Å². The number of anilines is 1. The maximum atomic E-state index is 13.1. The highest BCUT2D eigenvalue weighted by molar-refractivity contribution is 6.04. The highest BCUT2D eigenvalue weighted by atomic mass is 19.4. The second-order valence-electron chi connectivity index (χ2n) is 10.4. The largest absolute Gasteiger partial charge is 0.486 e. The highest BCUT2D eigenvalue weighted by Crippen LogP contribution is 2.41. The molecule has 1 aromatic carbocycles. The van der Waals surface area contributed by atoms with Gasteiger partial charge in [0.05, 0.1) is 5.52 Å². The molecule has 0 radical (unpaired) electrons. The van der Waals surface area contributed by atoms with Gasteiger partial charge in [-0.2, -0.15) is 13.2 Å². The van der Waals surface area contributed by atoms with Crippen LogP contribution in [-0.4, -0.2) is 90.5 Å². The number of carbonyl (C=O) groups is 2. The van der Waals surface area contributed by atoms with Crippen LogP contribution in [0, 0.1) is 0 Å². The summed E-state index contributed by atoms with van der Waals surface area (Å²) >= 11 is 0. The molecular weight excluding hydrogens is 553 g/mol. The first-order valence-electron chi connectivity index (χ1n) is 13.7. The first-order valence-corrected chi connectivity index (χ1v) is 13.7. The lowest BCUT2D eigenvalue weighted by molar-refractivity contribution is -0.141. The number of hydrogen-bond donors (Lipinski definition) is 1. The minimum atomic E-state index is -4.65. The van der Waals surface area contributed by atoms with Crippen molar-refractivity contribution in [1.29, 1.82) is 0 Å². The maximum Gasteiger partial charge on any atom is 0.433 e. The molecule has 5 rings (SSSR count). The van der Waals surface area contributed by atoms with Crippen molar-refractivity contribution in [3.05, 3.63) is 53.9 Å². The minimum absolute atomic E-state index is 0.0204. The Kier molecular flexibility index (Phi) is 10.2. The monoisotopic (exact) mass is 588 g/mol. The highest BCUT2D eigenvalue weighted by Gasteiger charge is 2.33. The third kappa shape index (κ3) is 7.65. The molecule has 42 heavy (non-hydrogen) atoms. The summed E-state index contributed by atoms with van der Waals surface area (Å²) in [5, 5.41) is 2.74. The van der Waals surface area contributed by atoms with Crippen LogP contribution in [0.1, 0.15) is 41.4 Å². The van der Waals surface area contributed by atoms with E-state index < -0.39 is 17.8 Å². The van der Waals surface area contributed by atoms with Crippen LogP contribution in [-0.2, 0) is 11.0 Å². The molecule has 2 aromatic heterocycles. The molecule has 3 aromatic rings. The Bertz CT molecular complexity index is 1420. The Morgan fingerprint density at radius 1 is 1.19 bits per heavy atom. The van der Waals surface area contributed by atoms with E-state index in [9.17, 15) is 22.8 Å². The molecule has 1 atom stereocenters. The number of alkyl halides is 3. The summed E-state index contributed by atoms with van der Waals surface area (Å²) in [6.45, 7) is 3.34. The number of likely N-dealkylation sites (tertiary alicyclic amines) is 1. The molecule has 1 saturated heterocycles. The van der Waals surface area contributed by atoms with Crippen molar-refractivity contribution in [2.45, 2.75) is 31.5 Å². The van der Waals surface area contributed by atoms with Crippen LogP contribution in [0.5, 0.6) is 11.5 Å². The molecule has 2 aliphatic rings. The van der Waals surface area contributed by atoms with E-state index in [0.29, 0.717) is 35.7 Å². The van der Waals surface area contributed by atoms with Crippen LogP contribution in [0.3, 0.4) is 0 Å². The van der Waals surface area contributed by atoms with Gasteiger partial charge in [0.25, 0.3) is 5.91 Å². The van der Waals surface area contributed by atoms with Crippen molar-refractivity contribution >= 4 is 29.2 Å². The summed E-state index contributed by atoms with van der Waals surface area (Å²) in [6, 6.07) is 5.53. The molecule has 1 amide bonds. The number of imidazole rings is 1. The number of rotatable bonds is 6. The lowest BCUT2D eigenvalue weighted by Crippen LogP contribution is -2.28. The van der Waals surface area contributed by atoms with Crippen LogP contribution in [0.15, 0.2) is 42.6 Å². The number of fused-ring (bicyclic) bond motifs is 3. The fraction of sp³-hybridized carbons (Fsp3) is 0.448. The Labute approximate surface area is 242 Å². The first-order chi connectivity index (χ1) is 20.1. The Balaban J connectivity index is 0.000000446. The van der Waals surface area contributed by atoms with Crippen molar-refractivity contribution in [3.8, 4) is 11.5 Å². The standard InChI is InChI=1S/C23H24F3N5O3.C6H11NO/c1-30-9-3-2-4-15(13-30)31-19-16(5-6-17-20(19)34-11-10-33-17)28-22(31)29-21(32)14-7-8-27-18(12-14)23(24,25)26;1-7(2)5-3-4-6-8/h5-8,12,15H,2-4,9-11,13H2,1H3,(H,28,29,32);3-4,6H,5H2,1-2H3/b;4-3+. The van der Waals surface area contributed by atoms with Gasteiger partial charge in [0.1, 0.15) is 30.7 Å². The predicted molar refractivity (Wildman–Crippen MR) is 152 cm³/mol. The third-order valence-corrected chi connectivity index (χ3v) is 6.79. The summed E-state index contributed by atoms with van der Waals surface area (Å²) in [6.07, 6.45) is 3.32. The fourth-order valence-electron chi connectivity index (χ4n) is 4.87. The number of pyridine rings is 1. The number of nitrogens with one attached hydrogen (secondary N) is 1. The zero-order chi connectivity index (χ0) is 30.3. The van der Waals surface area contributed by atoms with Crippen LogP contribution in [0.4, 0.5) is 19.1 Å². The number of carbonyl (C=O) groups excluding carboxylic acids is 2. The number of aromatic nitrogens is 3. The zero-order valence-corrected chi connectivity index (χ0v) is 23.9. The number of aldehydes is 1. The van der Waals surface area contributed by atoms with Gasteiger partial charge in [-0.15, -0.1) is 0 Å². The molecule has 4 heterocycles. The number of amides is 1. The third-order valence-electron chi connectivity index (χ3n) is 6.79. The molecule has 0 spiro atoms. The number of nitrogens with zero attached hydrogens (tertiary/aromatic N) is 5. The van der Waals surface area contributed by atoms with E-state index >= 15 is 0 Å². The average Bonchev–Trinajstić information content (AvgIpc) is 3.19. The molecule has 13 heteroatoms. The lowest BCUT2D eigenvalue weighted by atomic mass is 10.1. The normalized spacial score (nSPS) is 17.5. The van der Waals surface area contributed by atoms with E-state index in [1.54, 1.807) is 12.1 Å². The Hall–Kier alpha value is -3.97. The molecule has 1 unspecified atom stereocenters. The van der Waals surface area contributed by atoms with Gasteiger partial charge < -0.3 is 23.8 Å². The number of hydrogen-bond acceptors (Lipinski definition) is 8. The van der Waals surface area contributed by atoms with Crippen LogP contribution in [0.2, 0.25) is 0 Å². The van der Waals surface area contributed by atoms with Gasteiger partial charge >= 0.3 is 6.18 Å². The van der Waals surface area contributed by atoms with Crippen molar-refractivity contribution in [2.75, 3.05) is 59.3 Å². The molecule has 226 valence electrons. The lowest BCUT2D eigenvalue weighted by Gasteiger charge is -2.26. The molecule has 1 N–H and O–H groups in total. The zero-order valence-electron chi connectivity index (χ0n) is 23.9. The van der Waals surface area contributed by atoms with Crippen molar-refractivity contribution < 1.29 is 32.2 Å². The Morgan fingerprint density at radius 3 is 2.71 bits per heavy atom. The maximum absolute atomic E-state index is 13.1. The van der Waals surface area contributed by atoms with Crippen molar-refractivity contribution in [1.82, 2.24) is 24.3 Å². The van der Waals surface area contributed by atoms with Gasteiger partial charge in [-0.1, -0.05) is 12.5 Å². The number of likely N-dealkylation sites (N-methyl/N-ethyl adjacent to an activating group) is 2.